The highest BCUT2D eigenvalue weighted by Gasteiger charge is 2.08. The first-order valence-electron chi connectivity index (χ1n) is 7.66. The van der Waals surface area contributed by atoms with Gasteiger partial charge in [0.15, 0.2) is 5.58 Å². The van der Waals surface area contributed by atoms with E-state index in [0.717, 1.165) is 22.4 Å². The number of fused-ring (bicyclic) bond motifs is 1. The van der Waals surface area contributed by atoms with Crippen molar-refractivity contribution in [2.24, 2.45) is 0 Å². The summed E-state index contributed by atoms with van der Waals surface area (Å²) < 4.78 is 7.47. The van der Waals surface area contributed by atoms with Gasteiger partial charge >= 0.3 is 0 Å². The third-order valence-corrected chi connectivity index (χ3v) is 4.49. The molecular weight excluding hydrogens is 334 g/mol. The molecule has 7 heteroatoms. The van der Waals surface area contributed by atoms with Gasteiger partial charge in [-0.15, -0.1) is 5.10 Å². The Morgan fingerprint density at radius 2 is 1.96 bits per heavy atom. The molecule has 2 heterocycles. The summed E-state index contributed by atoms with van der Waals surface area (Å²) in [6, 6.07) is 17.3. The van der Waals surface area contributed by atoms with Gasteiger partial charge in [-0.25, -0.2) is 9.67 Å². The second-order valence-corrected chi connectivity index (χ2v) is 6.38. The van der Waals surface area contributed by atoms with Crippen molar-refractivity contribution in [3.8, 4) is 6.07 Å². The molecule has 0 radical (unpaired) electrons. The molecule has 2 aromatic heterocycles. The minimum atomic E-state index is 0.617. The largest absolute Gasteiger partial charge is 0.431 e. The maximum Gasteiger partial charge on any atom is 0.257 e. The normalized spacial score (nSPS) is 10.8. The van der Waals surface area contributed by atoms with Crippen molar-refractivity contribution in [2.75, 3.05) is 0 Å². The average Bonchev–Trinajstić information content (AvgIpc) is 3.26. The molecule has 0 unspecified atom stereocenters. The number of aromatic nitrogens is 4. The summed E-state index contributed by atoms with van der Waals surface area (Å²) in [5.41, 5.74) is 4.23. The van der Waals surface area contributed by atoms with E-state index in [-0.39, 0.29) is 0 Å². The topological polar surface area (TPSA) is 80.5 Å². The first-order chi connectivity index (χ1) is 12.3. The molecule has 0 aliphatic heterocycles. The molecular formula is C18H13N5OS. The summed E-state index contributed by atoms with van der Waals surface area (Å²) in [7, 11) is 0. The number of oxazole rings is 1. The van der Waals surface area contributed by atoms with Gasteiger partial charge in [-0.1, -0.05) is 41.2 Å². The van der Waals surface area contributed by atoms with E-state index in [4.69, 9.17) is 9.68 Å². The van der Waals surface area contributed by atoms with E-state index in [0.29, 0.717) is 23.1 Å². The number of nitrogens with zero attached hydrogens (tertiary/aromatic N) is 5. The lowest BCUT2D eigenvalue weighted by Crippen LogP contribution is -2.00. The lowest BCUT2D eigenvalue weighted by atomic mass is 10.1. The summed E-state index contributed by atoms with van der Waals surface area (Å²) in [5, 5.41) is 17.8. The maximum absolute atomic E-state index is 8.83. The van der Waals surface area contributed by atoms with Crippen molar-refractivity contribution in [1.82, 2.24) is 20.0 Å². The van der Waals surface area contributed by atoms with Crippen LogP contribution in [-0.2, 0) is 12.3 Å². The van der Waals surface area contributed by atoms with Crippen molar-refractivity contribution in [2.45, 2.75) is 17.5 Å². The zero-order valence-corrected chi connectivity index (χ0v) is 14.0. The molecule has 0 amide bonds. The van der Waals surface area contributed by atoms with Gasteiger partial charge in [0.2, 0.25) is 0 Å². The summed E-state index contributed by atoms with van der Waals surface area (Å²) in [5.74, 6) is 0.639. The molecule has 0 atom stereocenters. The van der Waals surface area contributed by atoms with Crippen LogP contribution < -0.4 is 0 Å². The zero-order valence-electron chi connectivity index (χ0n) is 13.2. The van der Waals surface area contributed by atoms with Gasteiger partial charge in [0.1, 0.15) is 5.52 Å². The standard InChI is InChI=1S/C18H13N5OS/c19-9-13-5-7-14(8-6-13)10-23-11-15(21-22-23)12-25-18-20-16-3-1-2-4-17(16)24-18/h1-8,11H,10,12H2. The Kier molecular flexibility index (Phi) is 4.19. The van der Waals surface area contributed by atoms with Crippen LogP contribution in [0, 0.1) is 11.3 Å². The van der Waals surface area contributed by atoms with Crippen LogP contribution in [0.3, 0.4) is 0 Å². The molecule has 2 aromatic carbocycles. The van der Waals surface area contributed by atoms with Crippen LogP contribution in [0.2, 0.25) is 0 Å². The van der Waals surface area contributed by atoms with Crippen molar-refractivity contribution in [3.63, 3.8) is 0 Å². The second-order valence-electron chi connectivity index (χ2n) is 5.45. The lowest BCUT2D eigenvalue weighted by molar-refractivity contribution is 0.489. The predicted molar refractivity (Wildman–Crippen MR) is 93.9 cm³/mol. The number of hydrogen-bond donors (Lipinski definition) is 0. The minimum Gasteiger partial charge on any atom is -0.431 e. The Balaban J connectivity index is 1.39. The highest BCUT2D eigenvalue weighted by atomic mass is 32.2. The van der Waals surface area contributed by atoms with E-state index < -0.39 is 0 Å². The van der Waals surface area contributed by atoms with E-state index in [2.05, 4.69) is 21.4 Å². The van der Waals surface area contributed by atoms with Gasteiger partial charge in [-0.05, 0) is 29.8 Å². The number of thioether (sulfide) groups is 1. The number of nitriles is 1. The quantitative estimate of drug-likeness (QED) is 0.513. The van der Waals surface area contributed by atoms with E-state index in [1.165, 1.54) is 11.8 Å². The molecule has 0 spiro atoms. The molecule has 0 aliphatic rings. The molecule has 0 N–H and O–H groups in total. The van der Waals surface area contributed by atoms with E-state index in [9.17, 15) is 0 Å². The first-order valence-corrected chi connectivity index (χ1v) is 8.65. The summed E-state index contributed by atoms with van der Waals surface area (Å²) >= 11 is 1.49. The summed E-state index contributed by atoms with van der Waals surface area (Å²) in [6.45, 7) is 0.617. The third-order valence-electron chi connectivity index (χ3n) is 3.63. The molecule has 122 valence electrons. The van der Waals surface area contributed by atoms with Crippen LogP contribution in [0.5, 0.6) is 0 Å². The Labute approximate surface area is 148 Å². The number of benzene rings is 2. The monoisotopic (exact) mass is 347 g/mol. The Morgan fingerprint density at radius 1 is 1.12 bits per heavy atom. The molecule has 6 nitrogen and oxygen atoms in total. The van der Waals surface area contributed by atoms with Gasteiger partial charge in [0.25, 0.3) is 5.22 Å². The first kappa shape index (κ1) is 15.4. The molecule has 0 saturated carbocycles. The fourth-order valence-electron chi connectivity index (χ4n) is 2.40. The third kappa shape index (κ3) is 3.54. The molecule has 0 aliphatic carbocycles. The maximum atomic E-state index is 8.83. The molecule has 0 bridgehead atoms. The average molecular weight is 347 g/mol. The number of rotatable bonds is 5. The van der Waals surface area contributed by atoms with Gasteiger partial charge in [0, 0.05) is 11.9 Å². The van der Waals surface area contributed by atoms with Crippen molar-refractivity contribution in [1.29, 1.82) is 5.26 Å². The highest BCUT2D eigenvalue weighted by molar-refractivity contribution is 7.98. The van der Waals surface area contributed by atoms with Crippen LogP contribution >= 0.6 is 11.8 Å². The Bertz CT molecular complexity index is 1010. The molecule has 25 heavy (non-hydrogen) atoms. The number of para-hydroxylation sites is 2. The molecule has 4 rings (SSSR count). The van der Waals surface area contributed by atoms with Crippen molar-refractivity contribution >= 4 is 22.9 Å². The van der Waals surface area contributed by atoms with E-state index in [1.807, 2.05) is 42.6 Å². The van der Waals surface area contributed by atoms with Gasteiger partial charge in [-0.3, -0.25) is 0 Å². The van der Waals surface area contributed by atoms with E-state index >= 15 is 0 Å². The number of hydrogen-bond acceptors (Lipinski definition) is 6. The van der Waals surface area contributed by atoms with Crippen LogP contribution in [0.25, 0.3) is 11.1 Å². The predicted octanol–water partition coefficient (Wildman–Crippen LogP) is 3.63. The summed E-state index contributed by atoms with van der Waals surface area (Å²) in [4.78, 5) is 4.43. The van der Waals surface area contributed by atoms with Crippen molar-refractivity contribution in [3.05, 3.63) is 71.5 Å². The van der Waals surface area contributed by atoms with Gasteiger partial charge in [-0.2, -0.15) is 5.26 Å². The SMILES string of the molecule is N#Cc1ccc(Cn2cc(CSc3nc4ccccc4o3)nn2)cc1. The smallest absolute Gasteiger partial charge is 0.257 e. The fraction of sp³-hybridized carbons (Fsp3) is 0.111. The zero-order chi connectivity index (χ0) is 17.1. The van der Waals surface area contributed by atoms with Gasteiger partial charge < -0.3 is 4.42 Å². The molecule has 4 aromatic rings. The molecule has 0 fully saturated rings. The van der Waals surface area contributed by atoms with Gasteiger partial charge in [0.05, 0.1) is 23.9 Å². The Morgan fingerprint density at radius 3 is 2.76 bits per heavy atom. The van der Waals surface area contributed by atoms with E-state index in [1.54, 1.807) is 16.8 Å². The summed E-state index contributed by atoms with van der Waals surface area (Å²) in [6.07, 6.45) is 1.91. The van der Waals surface area contributed by atoms with Crippen LogP contribution in [0.4, 0.5) is 0 Å². The lowest BCUT2D eigenvalue weighted by Gasteiger charge is -2.00. The highest BCUT2D eigenvalue weighted by Crippen LogP contribution is 2.25. The second kappa shape index (κ2) is 6.79. The van der Waals surface area contributed by atoms with Crippen LogP contribution in [0.1, 0.15) is 16.8 Å². The molecule has 0 saturated heterocycles. The fourth-order valence-corrected chi connectivity index (χ4v) is 3.12. The van der Waals surface area contributed by atoms with Crippen LogP contribution in [0.15, 0.2) is 64.4 Å². The Hall–Kier alpha value is -3.11. The minimum absolute atomic E-state index is 0.617. The van der Waals surface area contributed by atoms with Crippen LogP contribution in [-0.4, -0.2) is 20.0 Å². The van der Waals surface area contributed by atoms with Crippen molar-refractivity contribution < 1.29 is 4.42 Å².